The average Bonchev–Trinajstić information content (AvgIpc) is 0.784. The fourth-order valence-electron chi connectivity index (χ4n) is 9.77. The van der Waals surface area contributed by atoms with E-state index in [1.54, 1.807) is 26.0 Å². The number of carbonyl (C=O) groups excluding carboxylic acids is 1. The highest BCUT2D eigenvalue weighted by Gasteiger charge is 2.29. The number of ether oxygens (including phenoxy) is 14. The molecule has 21 heteroatoms. The van der Waals surface area contributed by atoms with Crippen molar-refractivity contribution < 1.29 is 81.3 Å². The first kappa shape index (κ1) is 86.3. The van der Waals surface area contributed by atoms with Gasteiger partial charge in [0, 0.05) is 6.92 Å². The Morgan fingerprint density at radius 1 is 0.398 bits per heavy atom. The maximum Gasteiger partial charge on any atom is 0.280 e. The van der Waals surface area contributed by atoms with E-state index in [-0.39, 0.29) is 118 Å². The van der Waals surface area contributed by atoms with E-state index in [4.69, 9.17) is 71.3 Å². The Morgan fingerprint density at radius 3 is 0.968 bits per heavy atom. The van der Waals surface area contributed by atoms with E-state index in [9.17, 15) is 19.8 Å². The van der Waals surface area contributed by atoms with Crippen LogP contribution in [0.2, 0.25) is 0 Å². The molecule has 16 atom stereocenters. The normalized spacial score (nSPS) is 17.4. The van der Waals surface area contributed by atoms with Crippen LogP contribution in [0.3, 0.4) is 0 Å². The van der Waals surface area contributed by atoms with Crippen molar-refractivity contribution in [3.8, 4) is 0 Å². The molecule has 0 aliphatic carbocycles. The molecule has 2 aromatic rings. The van der Waals surface area contributed by atoms with Crippen LogP contribution in [0.4, 0.5) is 0 Å². The summed E-state index contributed by atoms with van der Waals surface area (Å²) in [5.74, 6) is 0.0138. The van der Waals surface area contributed by atoms with E-state index in [0.29, 0.717) is 89.2 Å². The van der Waals surface area contributed by atoms with Crippen molar-refractivity contribution in [1.29, 1.82) is 0 Å². The molecule has 544 valence electrons. The molecule has 1 aromatic carbocycles. The number of nitrogens with zero attached hydrogens (tertiary/aromatic N) is 3. The minimum atomic E-state index is -0.641. The second-order valence-electron chi connectivity index (χ2n) is 26.5. The number of aliphatic hydroxyl groups is 2. The Labute approximate surface area is 561 Å². The molecule has 16 unspecified atom stereocenters. The number of fused-ring (bicyclic) bond motifs is 1. The smallest absolute Gasteiger partial charge is 0.280 e. The van der Waals surface area contributed by atoms with Gasteiger partial charge in [-0.1, -0.05) is 109 Å². The van der Waals surface area contributed by atoms with Crippen LogP contribution in [0.25, 0.3) is 10.9 Å². The van der Waals surface area contributed by atoms with Gasteiger partial charge in [-0.25, -0.2) is 9.99 Å². The molecule has 1 amide bonds. The predicted molar refractivity (Wildman–Crippen MR) is 367 cm³/mol. The highest BCUT2D eigenvalue weighted by Crippen LogP contribution is 2.26. The zero-order valence-electron chi connectivity index (χ0n) is 61.0. The van der Waals surface area contributed by atoms with Crippen LogP contribution >= 0.6 is 0 Å². The van der Waals surface area contributed by atoms with Crippen LogP contribution in [0, 0.1) is 0 Å². The predicted octanol–water partition coefficient (Wildman–Crippen LogP) is 11.8. The van der Waals surface area contributed by atoms with Gasteiger partial charge in [0.25, 0.3) is 5.56 Å². The molecule has 2 N–H and O–H groups in total. The van der Waals surface area contributed by atoms with Crippen molar-refractivity contribution in [2.75, 3.05) is 104 Å². The van der Waals surface area contributed by atoms with Gasteiger partial charge in [-0.3, -0.25) is 9.59 Å². The van der Waals surface area contributed by atoms with Crippen LogP contribution in [0.1, 0.15) is 226 Å². The van der Waals surface area contributed by atoms with Gasteiger partial charge in [-0.05, 0) is 122 Å². The lowest BCUT2D eigenvalue weighted by Gasteiger charge is -2.31. The maximum absolute atomic E-state index is 14.8. The molecule has 0 spiro atoms. The molecule has 2 rings (SSSR count). The van der Waals surface area contributed by atoms with Gasteiger partial charge in [-0.2, -0.15) is 4.68 Å². The molecule has 1 heterocycles. The second kappa shape index (κ2) is 52.3. The average molecular weight is 1330 g/mol. The summed E-state index contributed by atoms with van der Waals surface area (Å²) in [6.07, 6.45) is 13.4. The lowest BCUT2D eigenvalue weighted by atomic mass is 10.0. The summed E-state index contributed by atoms with van der Waals surface area (Å²) in [7, 11) is 0. The number of hydrogen-bond donors (Lipinski definition) is 2. The molecule has 0 radical (unpaired) electrons. The Morgan fingerprint density at radius 2 is 0.667 bits per heavy atom. The molecule has 1 aromatic heterocycles. The first-order valence-electron chi connectivity index (χ1n) is 35.7. The third-order valence-corrected chi connectivity index (χ3v) is 15.5. The number of aromatic nitrogens is 2. The minimum absolute atomic E-state index is 0.0746. The number of hydrogen-bond acceptors (Lipinski definition) is 19. The summed E-state index contributed by atoms with van der Waals surface area (Å²) in [6, 6.07) is 7.23. The minimum Gasteiger partial charge on any atom is -0.391 e. The number of unbranched alkanes of at least 4 members (excludes halogenated alkanes) is 13. The monoisotopic (exact) mass is 1330 g/mol. The van der Waals surface area contributed by atoms with Crippen LogP contribution in [0.15, 0.2) is 29.1 Å². The largest absolute Gasteiger partial charge is 0.391 e. The molecule has 0 saturated heterocycles. The van der Waals surface area contributed by atoms with E-state index in [0.717, 1.165) is 19.3 Å². The zero-order valence-corrected chi connectivity index (χ0v) is 61.0. The Balaban J connectivity index is 1.99. The summed E-state index contributed by atoms with van der Waals surface area (Å²) in [6.45, 7) is 37.3. The van der Waals surface area contributed by atoms with Gasteiger partial charge in [0.2, 0.25) is 5.91 Å². The number of rotatable bonds is 61. The SMILES string of the molecule is CCCCCCCCCCCCCCCCC(OCC(C)OCC(C)OCC(C)OCC(C)OCC(C)OCC(C)OCC(C)OCC(C)OCC(C)OCC(C)O)c1nc2ccccc2c(=O)n1N(CC(C)OCC(C)OCC(C)OCC(C)OCC(C)O)C(C)=O. The van der Waals surface area contributed by atoms with E-state index >= 15 is 0 Å². The summed E-state index contributed by atoms with van der Waals surface area (Å²) >= 11 is 0. The van der Waals surface area contributed by atoms with Gasteiger partial charge >= 0.3 is 0 Å². The Bertz CT molecular complexity index is 2190. The summed E-state index contributed by atoms with van der Waals surface area (Å²) in [4.78, 5) is 33.7. The van der Waals surface area contributed by atoms with Crippen molar-refractivity contribution in [3.05, 3.63) is 40.4 Å². The zero-order chi connectivity index (χ0) is 68.9. The summed E-state index contributed by atoms with van der Waals surface area (Å²) in [5, 5.41) is 20.8. The summed E-state index contributed by atoms with van der Waals surface area (Å²) in [5.41, 5.74) is 0.160. The highest BCUT2D eigenvalue weighted by atomic mass is 16.6. The molecule has 21 nitrogen and oxygen atoms in total. The standard InChI is InChI=1S/C72H133N3O18/c1-18-19-20-21-22-23-24-25-26-27-28-29-30-31-36-70(71-73-69-35-33-32-34-68(69)72(79)75(71)74(67(17)78)37-54(4)82-40-57(7)85-43-58(8)83-41-55(5)80-38-52(2)76)93-51-66(16)92-50-65(15)91-49-64(14)90-48-63(13)89-47-62(12)88-46-61(11)87-45-60(10)86-44-59(9)84-42-56(6)81-39-53(3)77/h32-35,52-66,70,76-77H,18-31,36-51H2,1-17H3. The number of para-hydroxylation sites is 1. The van der Waals surface area contributed by atoms with Gasteiger partial charge < -0.3 is 76.5 Å². The molecule has 0 bridgehead atoms. The summed E-state index contributed by atoms with van der Waals surface area (Å²) < 4.78 is 86.1. The molecule has 93 heavy (non-hydrogen) atoms. The molecular weight excluding hydrogens is 1190 g/mol. The van der Waals surface area contributed by atoms with Crippen molar-refractivity contribution in [1.82, 2.24) is 9.66 Å². The fourth-order valence-corrected chi connectivity index (χ4v) is 9.77. The van der Waals surface area contributed by atoms with Crippen LogP contribution in [0.5, 0.6) is 0 Å². The molecule has 0 aliphatic heterocycles. The highest BCUT2D eigenvalue weighted by molar-refractivity contribution is 5.84. The van der Waals surface area contributed by atoms with E-state index < -0.39 is 24.4 Å². The van der Waals surface area contributed by atoms with Crippen molar-refractivity contribution in [2.24, 2.45) is 0 Å². The first-order valence-corrected chi connectivity index (χ1v) is 35.7. The molecule has 0 saturated carbocycles. The third-order valence-electron chi connectivity index (χ3n) is 15.5. The first-order chi connectivity index (χ1) is 44.4. The number of benzene rings is 1. The Hall–Kier alpha value is -2.81. The van der Waals surface area contributed by atoms with Crippen molar-refractivity contribution in [3.63, 3.8) is 0 Å². The van der Waals surface area contributed by atoms with Crippen LogP contribution in [-0.2, 0) is 71.1 Å². The quantitative estimate of drug-likeness (QED) is 0.0587. The fraction of sp³-hybridized carbons (Fsp3) is 0.875. The Kier molecular flexibility index (Phi) is 48.5. The van der Waals surface area contributed by atoms with Crippen LogP contribution in [-0.4, -0.2) is 216 Å². The lowest BCUT2D eigenvalue weighted by molar-refractivity contribution is -0.119. The molecule has 0 fully saturated rings. The van der Waals surface area contributed by atoms with Crippen molar-refractivity contribution >= 4 is 16.8 Å². The van der Waals surface area contributed by atoms with Gasteiger partial charge in [-0.15, -0.1) is 0 Å². The molecule has 0 aliphatic rings. The topological polar surface area (TPSA) is 225 Å². The second-order valence-corrected chi connectivity index (χ2v) is 26.5. The number of carbonyl (C=O) groups is 1. The number of aliphatic hydroxyl groups excluding tert-OH is 2. The van der Waals surface area contributed by atoms with E-state index in [2.05, 4.69) is 6.92 Å². The molecular formula is C72H133N3O18. The van der Waals surface area contributed by atoms with Crippen LogP contribution < -0.4 is 10.6 Å². The van der Waals surface area contributed by atoms with Crippen molar-refractivity contribution in [2.45, 2.75) is 312 Å². The van der Waals surface area contributed by atoms with Gasteiger partial charge in [0.1, 0.15) is 6.10 Å². The maximum atomic E-state index is 14.8. The van der Waals surface area contributed by atoms with E-state index in [1.807, 2.05) is 102 Å². The van der Waals surface area contributed by atoms with E-state index in [1.165, 1.54) is 87.2 Å². The van der Waals surface area contributed by atoms with Gasteiger partial charge in [0.05, 0.1) is 202 Å². The number of amides is 1. The van der Waals surface area contributed by atoms with Gasteiger partial charge in [0.15, 0.2) is 5.82 Å². The lowest BCUT2D eigenvalue weighted by Crippen LogP contribution is -2.51. The third kappa shape index (κ3) is 42.6.